The van der Waals surface area contributed by atoms with Gasteiger partial charge in [0, 0.05) is 13.0 Å². The zero-order valence-corrected chi connectivity index (χ0v) is 12.7. The molecule has 1 aromatic rings. The van der Waals surface area contributed by atoms with Crippen LogP contribution in [-0.4, -0.2) is 31.7 Å². The molecular formula is C16H19NO5. The average Bonchev–Trinajstić information content (AvgIpc) is 2.96. The first kappa shape index (κ1) is 16.0. The van der Waals surface area contributed by atoms with Gasteiger partial charge in [-0.15, -0.1) is 0 Å². The van der Waals surface area contributed by atoms with Crippen molar-refractivity contribution in [3.63, 3.8) is 0 Å². The fourth-order valence-electron chi connectivity index (χ4n) is 2.32. The summed E-state index contributed by atoms with van der Waals surface area (Å²) in [5.41, 5.74) is 1.84. The number of anilines is 1. The van der Waals surface area contributed by atoms with Crippen molar-refractivity contribution < 1.29 is 23.9 Å². The van der Waals surface area contributed by atoms with Crippen LogP contribution >= 0.6 is 0 Å². The Labute approximate surface area is 129 Å². The Morgan fingerprint density at radius 1 is 1.27 bits per heavy atom. The van der Waals surface area contributed by atoms with Gasteiger partial charge >= 0.3 is 18.0 Å². The molecule has 0 saturated carbocycles. The van der Waals surface area contributed by atoms with Crippen LogP contribution in [0, 0.1) is 5.92 Å². The first-order chi connectivity index (χ1) is 10.5. The van der Waals surface area contributed by atoms with Gasteiger partial charge in [0.2, 0.25) is 0 Å². The smallest absolute Gasteiger partial charge is 0.422 e. The largest absolute Gasteiger partial charge is 0.469 e. The minimum atomic E-state index is -0.667. The van der Waals surface area contributed by atoms with E-state index in [0.29, 0.717) is 6.54 Å². The van der Waals surface area contributed by atoms with E-state index in [1.807, 2.05) is 24.3 Å². The number of rotatable bonds is 4. The predicted molar refractivity (Wildman–Crippen MR) is 79.4 cm³/mol. The topological polar surface area (TPSA) is 72.9 Å². The maximum atomic E-state index is 12.1. The number of hydrogen-bond donors (Lipinski definition) is 0. The van der Waals surface area contributed by atoms with E-state index in [1.54, 1.807) is 6.92 Å². The third-order valence-corrected chi connectivity index (χ3v) is 3.71. The van der Waals surface area contributed by atoms with Gasteiger partial charge in [0.1, 0.15) is 0 Å². The van der Waals surface area contributed by atoms with E-state index in [-0.39, 0.29) is 18.8 Å². The summed E-state index contributed by atoms with van der Waals surface area (Å²) in [6.45, 7) is 2.12. The fourth-order valence-corrected chi connectivity index (χ4v) is 2.32. The van der Waals surface area contributed by atoms with E-state index in [2.05, 4.69) is 4.74 Å². The molecule has 0 N–H and O–H groups in total. The Bertz CT molecular complexity index is 584. The Morgan fingerprint density at radius 3 is 2.73 bits per heavy atom. The van der Waals surface area contributed by atoms with Crippen LogP contribution in [0.2, 0.25) is 0 Å². The highest BCUT2D eigenvalue weighted by Crippen LogP contribution is 2.28. The molecule has 6 heteroatoms. The molecule has 1 heterocycles. The first-order valence-electron chi connectivity index (χ1n) is 7.21. The molecule has 0 fully saturated rings. The SMILES string of the molecule is COC(=O)CCC(C)C(=O)OC(=O)N1CCc2ccccc21. The van der Waals surface area contributed by atoms with Crippen molar-refractivity contribution in [2.45, 2.75) is 26.2 Å². The van der Waals surface area contributed by atoms with Crippen LogP contribution in [-0.2, 0) is 25.5 Å². The zero-order chi connectivity index (χ0) is 16.1. The Morgan fingerprint density at radius 2 is 2.00 bits per heavy atom. The average molecular weight is 305 g/mol. The van der Waals surface area contributed by atoms with Gasteiger partial charge in [-0.1, -0.05) is 25.1 Å². The molecule has 6 nitrogen and oxygen atoms in total. The lowest BCUT2D eigenvalue weighted by Crippen LogP contribution is -2.33. The second-order valence-electron chi connectivity index (χ2n) is 5.23. The lowest BCUT2D eigenvalue weighted by molar-refractivity contribution is -0.143. The zero-order valence-electron chi connectivity index (χ0n) is 12.7. The van der Waals surface area contributed by atoms with Crippen LogP contribution in [0.4, 0.5) is 10.5 Å². The van der Waals surface area contributed by atoms with Crippen molar-refractivity contribution in [2.75, 3.05) is 18.6 Å². The molecule has 0 spiro atoms. The van der Waals surface area contributed by atoms with Gasteiger partial charge in [0.25, 0.3) is 0 Å². The fraction of sp³-hybridized carbons (Fsp3) is 0.438. The highest BCUT2D eigenvalue weighted by molar-refractivity contribution is 5.97. The standard InChI is InChI=1S/C16H19NO5/c1-11(7-8-14(18)21-2)15(19)22-16(20)17-10-9-12-5-3-4-6-13(12)17/h3-6,11H,7-10H2,1-2H3. The van der Waals surface area contributed by atoms with E-state index in [0.717, 1.165) is 17.7 Å². The van der Waals surface area contributed by atoms with E-state index < -0.39 is 18.0 Å². The number of benzene rings is 1. The van der Waals surface area contributed by atoms with Gasteiger partial charge in [-0.2, -0.15) is 0 Å². The lowest BCUT2D eigenvalue weighted by Gasteiger charge is -2.17. The molecule has 2 rings (SSSR count). The quantitative estimate of drug-likeness (QED) is 0.630. The molecule has 1 aliphatic rings. The molecule has 0 saturated heterocycles. The van der Waals surface area contributed by atoms with Crippen LogP contribution < -0.4 is 4.90 Å². The third kappa shape index (κ3) is 3.63. The molecule has 1 atom stereocenters. The summed E-state index contributed by atoms with van der Waals surface area (Å²) in [6, 6.07) is 7.52. The summed E-state index contributed by atoms with van der Waals surface area (Å²) in [5.74, 6) is -1.56. The van der Waals surface area contributed by atoms with E-state index in [9.17, 15) is 14.4 Å². The summed E-state index contributed by atoms with van der Waals surface area (Å²) >= 11 is 0. The summed E-state index contributed by atoms with van der Waals surface area (Å²) in [6.07, 6.45) is 0.486. The van der Waals surface area contributed by atoms with Crippen molar-refractivity contribution >= 4 is 23.7 Å². The van der Waals surface area contributed by atoms with Crippen molar-refractivity contribution in [2.24, 2.45) is 5.92 Å². The molecule has 1 aromatic carbocycles. The number of hydrogen-bond acceptors (Lipinski definition) is 5. The molecule has 0 aliphatic carbocycles. The van der Waals surface area contributed by atoms with Gasteiger partial charge in [-0.25, -0.2) is 4.79 Å². The summed E-state index contributed by atoms with van der Waals surface area (Å²) in [5, 5.41) is 0. The van der Waals surface area contributed by atoms with Gasteiger partial charge in [0.15, 0.2) is 0 Å². The maximum absolute atomic E-state index is 12.1. The number of carbonyl (C=O) groups excluding carboxylic acids is 3. The van der Waals surface area contributed by atoms with Crippen molar-refractivity contribution in [1.29, 1.82) is 0 Å². The molecule has 0 aromatic heterocycles. The second-order valence-corrected chi connectivity index (χ2v) is 5.23. The molecule has 118 valence electrons. The monoisotopic (exact) mass is 305 g/mol. The molecule has 1 unspecified atom stereocenters. The first-order valence-corrected chi connectivity index (χ1v) is 7.21. The van der Waals surface area contributed by atoms with Crippen molar-refractivity contribution in [3.8, 4) is 0 Å². The summed E-state index contributed by atoms with van der Waals surface area (Å²) < 4.78 is 9.43. The van der Waals surface area contributed by atoms with E-state index >= 15 is 0 Å². The number of methoxy groups -OCH3 is 1. The van der Waals surface area contributed by atoms with Crippen LogP contribution in [0.3, 0.4) is 0 Å². The van der Waals surface area contributed by atoms with Crippen LogP contribution in [0.25, 0.3) is 0 Å². The van der Waals surface area contributed by atoms with Gasteiger partial charge in [-0.05, 0) is 24.5 Å². The number of amides is 1. The van der Waals surface area contributed by atoms with E-state index in [4.69, 9.17) is 4.74 Å². The molecule has 1 aliphatic heterocycles. The molecule has 1 amide bonds. The summed E-state index contributed by atoms with van der Waals surface area (Å²) in [4.78, 5) is 36.5. The number of para-hydroxylation sites is 1. The van der Waals surface area contributed by atoms with Gasteiger partial charge < -0.3 is 9.47 Å². The number of nitrogens with zero attached hydrogens (tertiary/aromatic N) is 1. The van der Waals surface area contributed by atoms with Crippen LogP contribution in [0.5, 0.6) is 0 Å². The minimum Gasteiger partial charge on any atom is -0.469 e. The second kappa shape index (κ2) is 7.06. The molecular weight excluding hydrogens is 286 g/mol. The lowest BCUT2D eigenvalue weighted by atomic mass is 10.1. The highest BCUT2D eigenvalue weighted by atomic mass is 16.6. The summed E-state index contributed by atoms with van der Waals surface area (Å²) in [7, 11) is 1.29. The number of ether oxygens (including phenoxy) is 2. The molecule has 22 heavy (non-hydrogen) atoms. The van der Waals surface area contributed by atoms with Gasteiger partial charge in [-0.3, -0.25) is 14.5 Å². The van der Waals surface area contributed by atoms with Crippen LogP contribution in [0.1, 0.15) is 25.3 Å². The maximum Gasteiger partial charge on any atom is 0.422 e. The number of fused-ring (bicyclic) bond motifs is 1. The molecule has 0 radical (unpaired) electrons. The number of carbonyl (C=O) groups is 3. The van der Waals surface area contributed by atoms with Crippen LogP contribution in [0.15, 0.2) is 24.3 Å². The van der Waals surface area contributed by atoms with Crippen molar-refractivity contribution in [3.05, 3.63) is 29.8 Å². The van der Waals surface area contributed by atoms with Crippen molar-refractivity contribution in [1.82, 2.24) is 0 Å². The predicted octanol–water partition coefficient (Wildman–Crippen LogP) is 2.30. The highest BCUT2D eigenvalue weighted by Gasteiger charge is 2.28. The van der Waals surface area contributed by atoms with Gasteiger partial charge in [0.05, 0.1) is 18.7 Å². The Kier molecular flexibility index (Phi) is 5.14. The minimum absolute atomic E-state index is 0.119. The normalized spacial score (nSPS) is 14.2. The Hall–Kier alpha value is -2.37. The third-order valence-electron chi connectivity index (χ3n) is 3.71. The molecule has 0 bridgehead atoms. The number of esters is 2. The Balaban J connectivity index is 1.90. The van der Waals surface area contributed by atoms with E-state index in [1.165, 1.54) is 12.0 Å².